The van der Waals surface area contributed by atoms with Gasteiger partial charge in [-0.05, 0) is 54.4 Å². The van der Waals surface area contributed by atoms with E-state index in [0.29, 0.717) is 21.3 Å². The minimum Gasteiger partial charge on any atom is -0.285 e. The van der Waals surface area contributed by atoms with Crippen LogP contribution >= 0.6 is 39.1 Å². The first kappa shape index (κ1) is 25.0. The van der Waals surface area contributed by atoms with Gasteiger partial charge in [0.05, 0.1) is 17.6 Å². The maximum atomic E-state index is 14.0. The molecule has 0 aliphatic carbocycles. The van der Waals surface area contributed by atoms with Crippen LogP contribution in [-0.2, 0) is 32.3 Å². The molecule has 1 aliphatic heterocycles. The fourth-order valence-corrected chi connectivity index (χ4v) is 6.74. The molecule has 0 bridgehead atoms. The van der Waals surface area contributed by atoms with Gasteiger partial charge in [0.1, 0.15) is 5.54 Å². The average molecular weight is 606 g/mol. The molecule has 1 atom stereocenters. The molecule has 0 saturated carbocycles. The lowest BCUT2D eigenvalue weighted by atomic mass is 9.92. The molecule has 0 radical (unpaired) electrons. The number of nitrogens with zero attached hydrogens (tertiary/aromatic N) is 4. The molecule has 2 aromatic carbocycles. The van der Waals surface area contributed by atoms with E-state index in [-0.39, 0.29) is 29.1 Å². The minimum atomic E-state index is -3.89. The van der Waals surface area contributed by atoms with Crippen LogP contribution in [0.3, 0.4) is 0 Å². The van der Waals surface area contributed by atoms with Crippen LogP contribution in [0.1, 0.15) is 18.1 Å². The number of imidazole rings is 1. The van der Waals surface area contributed by atoms with E-state index in [1.807, 2.05) is 24.3 Å². The normalized spacial score (nSPS) is 17.4. The van der Waals surface area contributed by atoms with E-state index in [9.17, 15) is 13.2 Å². The van der Waals surface area contributed by atoms with E-state index in [2.05, 4.69) is 25.9 Å². The van der Waals surface area contributed by atoms with Crippen LogP contribution in [0, 0.1) is 0 Å². The minimum absolute atomic E-state index is 0.0510. The van der Waals surface area contributed by atoms with Crippen LogP contribution in [0.4, 0.5) is 11.6 Å². The Kier molecular flexibility index (Phi) is 6.45. The Morgan fingerprint density at radius 2 is 1.69 bits per heavy atom. The second kappa shape index (κ2) is 9.30. The molecule has 1 amide bonds. The van der Waals surface area contributed by atoms with E-state index in [1.54, 1.807) is 43.5 Å². The summed E-state index contributed by atoms with van der Waals surface area (Å²) in [6, 6.07) is 15.7. The third kappa shape index (κ3) is 4.45. The molecule has 36 heavy (non-hydrogen) atoms. The van der Waals surface area contributed by atoms with Crippen LogP contribution < -0.4 is 4.90 Å². The number of hydrogen-bond acceptors (Lipinski definition) is 5. The number of aromatic nitrogens is 3. The summed E-state index contributed by atoms with van der Waals surface area (Å²) >= 11 is 15.9. The van der Waals surface area contributed by atoms with E-state index in [4.69, 9.17) is 23.2 Å². The van der Waals surface area contributed by atoms with Crippen molar-refractivity contribution in [2.75, 3.05) is 4.90 Å². The fraction of sp³-hybridized carbons (Fsp3) is 0.160. The molecule has 0 saturated heterocycles. The zero-order valence-electron chi connectivity index (χ0n) is 18.9. The van der Waals surface area contributed by atoms with Gasteiger partial charge < -0.3 is 0 Å². The lowest BCUT2D eigenvalue weighted by Gasteiger charge is -2.26. The molecular weight excluding hydrogens is 587 g/mol. The SMILES string of the molecule is CC1(Cc2ccc(Br)cc2)C(=O)N(c2cc(Cl)cc(Cl)c2)c2ncc(S(=O)(=O)Cc3cccnc3)n21. The number of halogens is 3. The number of carbonyl (C=O) groups is 1. The molecule has 7 nitrogen and oxygen atoms in total. The van der Waals surface area contributed by atoms with Gasteiger partial charge in [-0.1, -0.05) is 57.3 Å². The Labute approximate surface area is 226 Å². The highest BCUT2D eigenvalue weighted by Crippen LogP contribution is 2.44. The predicted molar refractivity (Wildman–Crippen MR) is 142 cm³/mol. The number of pyridine rings is 1. The molecule has 1 aliphatic rings. The van der Waals surface area contributed by atoms with Gasteiger partial charge in [-0.15, -0.1) is 0 Å². The summed E-state index contributed by atoms with van der Waals surface area (Å²) in [5, 5.41) is 0.633. The Morgan fingerprint density at radius 1 is 1.00 bits per heavy atom. The number of fused-ring (bicyclic) bond motifs is 1. The predicted octanol–water partition coefficient (Wildman–Crippen LogP) is 5.96. The summed E-state index contributed by atoms with van der Waals surface area (Å²) in [6.07, 6.45) is 4.62. The van der Waals surface area contributed by atoms with Gasteiger partial charge in [0.25, 0.3) is 5.91 Å². The molecule has 5 rings (SSSR count). The molecule has 4 aromatic rings. The van der Waals surface area contributed by atoms with Gasteiger partial charge >= 0.3 is 0 Å². The number of rotatable bonds is 6. The molecule has 0 fully saturated rings. The second-order valence-electron chi connectivity index (χ2n) is 8.70. The van der Waals surface area contributed by atoms with Crippen LogP contribution in [0.2, 0.25) is 10.0 Å². The van der Waals surface area contributed by atoms with E-state index >= 15 is 0 Å². The van der Waals surface area contributed by atoms with Gasteiger partial charge in [-0.2, -0.15) is 0 Å². The molecular formula is C25H19BrCl2N4O3S. The Hall–Kier alpha value is -2.72. The molecule has 11 heteroatoms. The lowest BCUT2D eigenvalue weighted by Crippen LogP contribution is -2.42. The summed E-state index contributed by atoms with van der Waals surface area (Å²) in [5.74, 6) is -0.440. The van der Waals surface area contributed by atoms with E-state index in [0.717, 1.165) is 10.0 Å². The maximum absolute atomic E-state index is 14.0. The Bertz CT molecular complexity index is 1560. The third-order valence-electron chi connectivity index (χ3n) is 6.03. The van der Waals surface area contributed by atoms with Gasteiger partial charge in [-0.3, -0.25) is 14.3 Å². The number of carbonyl (C=O) groups excluding carboxylic acids is 1. The van der Waals surface area contributed by atoms with Gasteiger partial charge in [-0.25, -0.2) is 18.3 Å². The Balaban J connectivity index is 1.68. The largest absolute Gasteiger partial charge is 0.285 e. The molecule has 2 aromatic heterocycles. The fourth-order valence-electron chi connectivity index (χ4n) is 4.43. The number of amides is 1. The molecule has 0 spiro atoms. The van der Waals surface area contributed by atoms with Crippen LogP contribution in [-0.4, -0.2) is 28.9 Å². The molecule has 1 unspecified atom stereocenters. The molecule has 184 valence electrons. The molecule has 3 heterocycles. The van der Waals surface area contributed by atoms with Gasteiger partial charge in [0.15, 0.2) is 14.9 Å². The first-order valence-corrected chi connectivity index (χ1v) is 14.0. The van der Waals surface area contributed by atoms with Gasteiger partial charge in [0.2, 0.25) is 5.95 Å². The number of sulfone groups is 1. The summed E-state index contributed by atoms with van der Waals surface area (Å²) in [4.78, 5) is 23.8. The average Bonchev–Trinajstić information content (AvgIpc) is 3.34. The van der Waals surface area contributed by atoms with Gasteiger partial charge in [0, 0.05) is 33.3 Å². The van der Waals surface area contributed by atoms with Crippen molar-refractivity contribution in [3.63, 3.8) is 0 Å². The van der Waals surface area contributed by atoms with Crippen molar-refractivity contribution in [2.45, 2.75) is 29.7 Å². The summed E-state index contributed by atoms with van der Waals surface area (Å²) in [7, 11) is -3.89. The third-order valence-corrected chi connectivity index (χ3v) is 8.64. The highest BCUT2D eigenvalue weighted by Gasteiger charge is 2.51. The van der Waals surface area contributed by atoms with Crippen molar-refractivity contribution in [3.8, 4) is 0 Å². The zero-order valence-corrected chi connectivity index (χ0v) is 22.8. The number of anilines is 2. The standard InChI is InChI=1S/C25H19BrCl2N4O3S/c1-25(12-16-4-6-18(26)7-5-16)23(33)31(21-10-19(27)9-20(28)11-21)24-30-14-22(32(24)25)36(34,35)15-17-3-2-8-29-13-17/h2-11,13-14H,12,15H2,1H3. The maximum Gasteiger partial charge on any atom is 0.260 e. The smallest absolute Gasteiger partial charge is 0.260 e. The topological polar surface area (TPSA) is 85.2 Å². The molecule has 0 N–H and O–H groups in total. The summed E-state index contributed by atoms with van der Waals surface area (Å²) in [6.45, 7) is 1.72. The van der Waals surface area contributed by atoms with Crippen molar-refractivity contribution in [1.29, 1.82) is 0 Å². The highest BCUT2D eigenvalue weighted by atomic mass is 79.9. The van der Waals surface area contributed by atoms with Crippen LogP contribution in [0.25, 0.3) is 0 Å². The van der Waals surface area contributed by atoms with Crippen molar-refractivity contribution in [3.05, 3.63) is 98.8 Å². The van der Waals surface area contributed by atoms with Crippen molar-refractivity contribution in [2.24, 2.45) is 0 Å². The van der Waals surface area contributed by atoms with Crippen molar-refractivity contribution >= 4 is 66.5 Å². The summed E-state index contributed by atoms with van der Waals surface area (Å²) < 4.78 is 29.6. The van der Waals surface area contributed by atoms with E-state index in [1.165, 1.54) is 21.9 Å². The Morgan fingerprint density at radius 3 is 2.33 bits per heavy atom. The number of hydrogen-bond donors (Lipinski definition) is 0. The lowest BCUT2D eigenvalue weighted by molar-refractivity contribution is -0.124. The monoisotopic (exact) mass is 604 g/mol. The first-order chi connectivity index (χ1) is 17.1. The van der Waals surface area contributed by atoms with Crippen molar-refractivity contribution < 1.29 is 13.2 Å². The van der Waals surface area contributed by atoms with Crippen molar-refractivity contribution in [1.82, 2.24) is 14.5 Å². The first-order valence-electron chi connectivity index (χ1n) is 10.8. The summed E-state index contributed by atoms with van der Waals surface area (Å²) in [5.41, 5.74) is 0.507. The van der Waals surface area contributed by atoms with E-state index < -0.39 is 15.4 Å². The second-order valence-corrected chi connectivity index (χ2v) is 12.4. The van der Waals surface area contributed by atoms with Crippen LogP contribution in [0.15, 0.2) is 82.7 Å². The highest BCUT2D eigenvalue weighted by molar-refractivity contribution is 9.10. The zero-order chi connectivity index (χ0) is 25.7. The quantitative estimate of drug-likeness (QED) is 0.271. The van der Waals surface area contributed by atoms with Crippen LogP contribution in [0.5, 0.6) is 0 Å². The number of benzene rings is 2.